The monoisotopic (exact) mass is 373 g/mol. The van der Waals surface area contributed by atoms with Gasteiger partial charge in [-0.25, -0.2) is 0 Å². The maximum atomic E-state index is 12.0. The van der Waals surface area contributed by atoms with Gasteiger partial charge in [0, 0.05) is 32.0 Å². The average molecular weight is 375 g/mol. The molecule has 114 valence electrons. The van der Waals surface area contributed by atoms with Crippen molar-refractivity contribution in [2.24, 2.45) is 0 Å². The number of amides is 1. The number of carbonyl (C=O) groups is 1. The van der Waals surface area contributed by atoms with Crippen molar-refractivity contribution in [3.8, 4) is 0 Å². The van der Waals surface area contributed by atoms with E-state index in [0.717, 1.165) is 18.7 Å². The maximum Gasteiger partial charge on any atom is 0.272 e. The van der Waals surface area contributed by atoms with E-state index in [9.17, 15) is 4.79 Å². The summed E-state index contributed by atoms with van der Waals surface area (Å²) >= 11 is 9.28. The molecule has 1 N–H and O–H groups in total. The van der Waals surface area contributed by atoms with Gasteiger partial charge in [-0.15, -0.1) is 0 Å². The van der Waals surface area contributed by atoms with E-state index in [1.807, 2.05) is 13.8 Å². The molecule has 0 aliphatic heterocycles. The van der Waals surface area contributed by atoms with Gasteiger partial charge in [-0.2, -0.15) is 10.2 Å². The van der Waals surface area contributed by atoms with E-state index < -0.39 is 0 Å². The Bertz CT molecular complexity index is 617. The molecule has 2 heterocycles. The highest BCUT2D eigenvalue weighted by molar-refractivity contribution is 9.10. The Labute approximate surface area is 136 Å². The lowest BCUT2D eigenvalue weighted by atomic mass is 10.3. The van der Waals surface area contributed by atoms with Gasteiger partial charge in [0.2, 0.25) is 0 Å². The predicted molar refractivity (Wildman–Crippen MR) is 84.5 cm³/mol. The lowest BCUT2D eigenvalue weighted by molar-refractivity contribution is 0.0946. The average Bonchev–Trinajstić information content (AvgIpc) is 2.98. The number of hydrogen-bond acceptors (Lipinski definition) is 3. The Morgan fingerprint density at radius 3 is 2.71 bits per heavy atom. The van der Waals surface area contributed by atoms with Crippen LogP contribution in [0.3, 0.4) is 0 Å². The molecule has 0 unspecified atom stereocenters. The van der Waals surface area contributed by atoms with Gasteiger partial charge in [0.1, 0.15) is 0 Å². The van der Waals surface area contributed by atoms with Crippen molar-refractivity contribution < 1.29 is 4.79 Å². The number of rotatable bonds is 6. The maximum absolute atomic E-state index is 12.0. The Balaban J connectivity index is 1.80. The molecular weight excluding hydrogens is 358 g/mol. The van der Waals surface area contributed by atoms with Gasteiger partial charge in [0.15, 0.2) is 5.69 Å². The molecule has 2 aromatic heterocycles. The number of aryl methyl sites for hydroxylation is 3. The van der Waals surface area contributed by atoms with Crippen LogP contribution in [0, 0.1) is 6.92 Å². The van der Waals surface area contributed by atoms with Crippen LogP contribution in [0.4, 0.5) is 0 Å². The van der Waals surface area contributed by atoms with Crippen molar-refractivity contribution in [3.63, 3.8) is 0 Å². The minimum atomic E-state index is -0.177. The minimum absolute atomic E-state index is 0.177. The fraction of sp³-hybridized carbons (Fsp3) is 0.462. The highest BCUT2D eigenvalue weighted by atomic mass is 79.9. The first-order valence-electron chi connectivity index (χ1n) is 6.72. The topological polar surface area (TPSA) is 64.7 Å². The highest BCUT2D eigenvalue weighted by Gasteiger charge is 2.14. The first-order valence-corrected chi connectivity index (χ1v) is 7.89. The minimum Gasteiger partial charge on any atom is -0.351 e. The van der Waals surface area contributed by atoms with Crippen molar-refractivity contribution in [1.29, 1.82) is 0 Å². The molecule has 0 spiro atoms. The normalized spacial score (nSPS) is 10.9. The first-order chi connectivity index (χ1) is 10.0. The fourth-order valence-corrected chi connectivity index (χ4v) is 2.49. The lowest BCUT2D eigenvalue weighted by Gasteiger charge is -2.04. The van der Waals surface area contributed by atoms with Crippen molar-refractivity contribution in [1.82, 2.24) is 24.9 Å². The van der Waals surface area contributed by atoms with Crippen molar-refractivity contribution in [2.45, 2.75) is 33.4 Å². The van der Waals surface area contributed by atoms with E-state index in [2.05, 4.69) is 31.4 Å². The van der Waals surface area contributed by atoms with Crippen molar-refractivity contribution in [3.05, 3.63) is 33.3 Å². The first kappa shape index (κ1) is 16.0. The van der Waals surface area contributed by atoms with Gasteiger partial charge in [-0.1, -0.05) is 11.6 Å². The zero-order valence-electron chi connectivity index (χ0n) is 11.9. The molecule has 0 aromatic carbocycles. The van der Waals surface area contributed by atoms with Crippen LogP contribution in [-0.4, -0.2) is 32.0 Å². The molecule has 2 rings (SSSR count). The zero-order valence-corrected chi connectivity index (χ0v) is 14.3. The number of carbonyl (C=O) groups excluding carboxylic acids is 1. The number of halogens is 2. The number of nitrogens with one attached hydrogen (secondary N) is 1. The van der Waals surface area contributed by atoms with Crippen LogP contribution < -0.4 is 5.32 Å². The van der Waals surface area contributed by atoms with Crippen molar-refractivity contribution >= 4 is 33.4 Å². The van der Waals surface area contributed by atoms with Crippen LogP contribution in [0.15, 0.2) is 16.9 Å². The molecule has 0 aliphatic rings. The molecular formula is C13H17BrClN5O. The van der Waals surface area contributed by atoms with E-state index in [4.69, 9.17) is 11.6 Å². The van der Waals surface area contributed by atoms with Gasteiger partial charge in [0.25, 0.3) is 5.91 Å². The molecule has 0 radical (unpaired) electrons. The quantitative estimate of drug-likeness (QED) is 0.791. The number of nitrogens with zero attached hydrogens (tertiary/aromatic N) is 4. The van der Waals surface area contributed by atoms with Gasteiger partial charge in [0.05, 0.1) is 15.2 Å². The zero-order chi connectivity index (χ0) is 15.4. The van der Waals surface area contributed by atoms with Crippen LogP contribution in [0.2, 0.25) is 5.02 Å². The molecule has 1 amide bonds. The van der Waals surface area contributed by atoms with Crippen LogP contribution in [0.5, 0.6) is 0 Å². The summed E-state index contributed by atoms with van der Waals surface area (Å²) in [4.78, 5) is 12.0. The van der Waals surface area contributed by atoms with Crippen LogP contribution in [0.1, 0.15) is 29.5 Å². The molecule has 0 atom stereocenters. The summed E-state index contributed by atoms with van der Waals surface area (Å²) in [6, 6.07) is 0. The van der Waals surface area contributed by atoms with Gasteiger partial charge in [-0.3, -0.25) is 14.2 Å². The van der Waals surface area contributed by atoms with Crippen LogP contribution >= 0.6 is 27.5 Å². The van der Waals surface area contributed by atoms with Crippen LogP contribution in [0.25, 0.3) is 0 Å². The molecule has 0 aliphatic carbocycles. The molecule has 0 saturated heterocycles. The molecule has 2 aromatic rings. The molecule has 21 heavy (non-hydrogen) atoms. The van der Waals surface area contributed by atoms with Crippen molar-refractivity contribution in [2.75, 3.05) is 6.54 Å². The smallest absolute Gasteiger partial charge is 0.272 e. The van der Waals surface area contributed by atoms with E-state index >= 15 is 0 Å². The number of aromatic nitrogens is 4. The Morgan fingerprint density at radius 2 is 2.14 bits per heavy atom. The molecule has 0 fully saturated rings. The second kappa shape index (κ2) is 7.09. The summed E-state index contributed by atoms with van der Waals surface area (Å²) in [6.45, 7) is 5.82. The molecule has 0 bridgehead atoms. The van der Waals surface area contributed by atoms with Gasteiger partial charge >= 0.3 is 0 Å². The van der Waals surface area contributed by atoms with E-state index in [0.29, 0.717) is 28.3 Å². The molecule has 8 heteroatoms. The van der Waals surface area contributed by atoms with Crippen LogP contribution in [-0.2, 0) is 13.1 Å². The Kier molecular flexibility index (Phi) is 5.41. The summed E-state index contributed by atoms with van der Waals surface area (Å²) in [7, 11) is 0. The fourth-order valence-electron chi connectivity index (χ4n) is 1.85. The number of hydrogen-bond donors (Lipinski definition) is 1. The Hall–Kier alpha value is -1.34. The standard InChI is InChI=1S/C13H17BrClN5O/c1-3-19-7-10(14)12(18-19)13(21)16-5-4-6-20-8-11(15)9(2)17-20/h7-8H,3-6H2,1-2H3,(H,16,21). The Morgan fingerprint density at radius 1 is 1.38 bits per heavy atom. The molecule has 6 nitrogen and oxygen atoms in total. The second-order valence-electron chi connectivity index (χ2n) is 4.62. The van der Waals surface area contributed by atoms with E-state index in [-0.39, 0.29) is 5.91 Å². The summed E-state index contributed by atoms with van der Waals surface area (Å²) in [5.41, 5.74) is 1.23. The summed E-state index contributed by atoms with van der Waals surface area (Å²) < 4.78 is 4.20. The van der Waals surface area contributed by atoms with Gasteiger partial charge in [-0.05, 0) is 36.2 Å². The molecule has 0 saturated carbocycles. The second-order valence-corrected chi connectivity index (χ2v) is 5.88. The largest absolute Gasteiger partial charge is 0.351 e. The summed E-state index contributed by atoms with van der Waals surface area (Å²) in [6.07, 6.45) is 4.36. The third-order valence-corrected chi connectivity index (χ3v) is 3.94. The summed E-state index contributed by atoms with van der Waals surface area (Å²) in [5.74, 6) is -0.177. The highest BCUT2D eigenvalue weighted by Crippen LogP contribution is 2.15. The SMILES string of the molecule is CCn1cc(Br)c(C(=O)NCCCn2cc(Cl)c(C)n2)n1. The van der Waals surface area contributed by atoms with E-state index in [1.54, 1.807) is 21.8 Å². The predicted octanol–water partition coefficient (Wildman–Crippen LogP) is 2.64. The lowest BCUT2D eigenvalue weighted by Crippen LogP contribution is -2.26. The third-order valence-electron chi connectivity index (χ3n) is 2.99. The van der Waals surface area contributed by atoms with E-state index in [1.165, 1.54) is 0 Å². The summed E-state index contributed by atoms with van der Waals surface area (Å²) in [5, 5.41) is 12.0. The third kappa shape index (κ3) is 4.07. The van der Waals surface area contributed by atoms with Gasteiger partial charge < -0.3 is 5.32 Å².